The summed E-state index contributed by atoms with van der Waals surface area (Å²) in [7, 11) is 0. The molecule has 4 heterocycles. The number of nitrogens with zero attached hydrogens (tertiary/aromatic N) is 3. The number of aliphatic hydroxyl groups is 1. The van der Waals surface area contributed by atoms with Crippen LogP contribution in [0.1, 0.15) is 12.5 Å². The molecule has 254 valence electrons. The van der Waals surface area contributed by atoms with Crippen LogP contribution in [0.2, 0.25) is 0 Å². The van der Waals surface area contributed by atoms with Gasteiger partial charge in [-0.05, 0) is 66.1 Å². The number of fused-ring (bicyclic) bond motifs is 3. The third kappa shape index (κ3) is 5.31. The fourth-order valence-electron chi connectivity index (χ4n) is 8.30. The van der Waals surface area contributed by atoms with Gasteiger partial charge in [-0.3, -0.25) is 14.4 Å². The van der Waals surface area contributed by atoms with E-state index in [2.05, 4.69) is 0 Å². The number of rotatable bonds is 8. The molecule has 4 aromatic carbocycles. The van der Waals surface area contributed by atoms with Gasteiger partial charge in [-0.2, -0.15) is 0 Å². The average Bonchev–Trinajstić information content (AvgIpc) is 3.46. The second-order valence-corrected chi connectivity index (χ2v) is 14.8. The summed E-state index contributed by atoms with van der Waals surface area (Å²) >= 11 is 1.55. The quantitative estimate of drug-likeness (QED) is 0.242. The Kier molecular flexibility index (Phi) is 8.49. The van der Waals surface area contributed by atoms with Gasteiger partial charge >= 0.3 is 0 Å². The standard InChI is InChI=1S/C41H39N3O5S/c1-2-49-33-19-17-30(18-20-33)42-22-8-14-34-35(38(42)46)36-39(47)44(32(26-45)24-27-10-4-3-5-11-27)37-40(48)43(23-9-21-41(36,37)50-34)31-16-15-28-12-6-7-13-29(28)25-31/h3-21,25,32,34-37,45H,2,22-24,26H2,1H3/t32-,34-,35+,36+,37?,41+/m1/s1. The van der Waals surface area contributed by atoms with Crippen molar-refractivity contribution in [2.45, 2.75) is 35.4 Å². The predicted octanol–water partition coefficient (Wildman–Crippen LogP) is 5.65. The van der Waals surface area contributed by atoms with Crippen LogP contribution >= 0.6 is 11.8 Å². The molecule has 2 fully saturated rings. The van der Waals surface area contributed by atoms with Crippen molar-refractivity contribution in [3.63, 3.8) is 0 Å². The second kappa shape index (κ2) is 13.1. The Balaban J connectivity index is 1.22. The van der Waals surface area contributed by atoms with Crippen LogP contribution in [0.4, 0.5) is 11.4 Å². The first-order valence-electron chi connectivity index (χ1n) is 17.3. The van der Waals surface area contributed by atoms with Crippen LogP contribution in [0.25, 0.3) is 10.8 Å². The molecule has 1 unspecified atom stereocenters. The molecule has 8 nitrogen and oxygen atoms in total. The zero-order valence-electron chi connectivity index (χ0n) is 27.8. The van der Waals surface area contributed by atoms with E-state index >= 15 is 9.59 Å². The van der Waals surface area contributed by atoms with Gasteiger partial charge in [0.25, 0.3) is 5.91 Å². The van der Waals surface area contributed by atoms with Crippen molar-refractivity contribution >= 4 is 51.6 Å². The highest BCUT2D eigenvalue weighted by molar-refractivity contribution is 8.02. The van der Waals surface area contributed by atoms with E-state index in [1.54, 1.807) is 26.5 Å². The fourth-order valence-corrected chi connectivity index (χ4v) is 10.3. The maximum atomic E-state index is 15.1. The molecule has 3 amide bonds. The number of thioether (sulfide) groups is 1. The Hall–Kier alpha value is -4.86. The van der Waals surface area contributed by atoms with E-state index < -0.39 is 28.7 Å². The molecule has 4 aliphatic heterocycles. The van der Waals surface area contributed by atoms with Crippen molar-refractivity contribution in [2.24, 2.45) is 11.8 Å². The Morgan fingerprint density at radius 3 is 2.28 bits per heavy atom. The summed E-state index contributed by atoms with van der Waals surface area (Å²) < 4.78 is 4.62. The number of hydrogen-bond donors (Lipinski definition) is 1. The summed E-state index contributed by atoms with van der Waals surface area (Å²) in [4.78, 5) is 50.0. The number of carbonyl (C=O) groups excluding carboxylic acids is 3. The number of carbonyl (C=O) groups is 3. The summed E-state index contributed by atoms with van der Waals surface area (Å²) in [5.74, 6) is -1.41. The van der Waals surface area contributed by atoms with E-state index in [-0.39, 0.29) is 29.6 Å². The Morgan fingerprint density at radius 1 is 0.820 bits per heavy atom. The molecule has 0 saturated carbocycles. The third-order valence-electron chi connectivity index (χ3n) is 10.5. The van der Waals surface area contributed by atoms with Crippen molar-refractivity contribution in [3.05, 3.63) is 127 Å². The molecule has 8 rings (SSSR count). The summed E-state index contributed by atoms with van der Waals surface area (Å²) in [5, 5.41) is 12.7. The maximum absolute atomic E-state index is 15.1. The van der Waals surface area contributed by atoms with Crippen LogP contribution in [-0.2, 0) is 20.8 Å². The number of ether oxygens (including phenoxy) is 1. The van der Waals surface area contributed by atoms with Crippen molar-refractivity contribution in [1.82, 2.24) is 4.90 Å². The van der Waals surface area contributed by atoms with Crippen LogP contribution in [0.5, 0.6) is 5.75 Å². The molecular weight excluding hydrogens is 647 g/mol. The van der Waals surface area contributed by atoms with Gasteiger partial charge in [-0.1, -0.05) is 85.0 Å². The smallest absolute Gasteiger partial charge is 0.251 e. The number of anilines is 2. The van der Waals surface area contributed by atoms with E-state index in [0.717, 1.165) is 33.5 Å². The van der Waals surface area contributed by atoms with Crippen LogP contribution in [0, 0.1) is 11.8 Å². The molecule has 1 spiro atoms. The molecule has 1 N–H and O–H groups in total. The highest BCUT2D eigenvalue weighted by atomic mass is 32.2. The molecule has 2 saturated heterocycles. The van der Waals surface area contributed by atoms with Gasteiger partial charge in [0.1, 0.15) is 11.8 Å². The van der Waals surface area contributed by atoms with Crippen molar-refractivity contribution in [1.29, 1.82) is 0 Å². The van der Waals surface area contributed by atoms with E-state index in [0.29, 0.717) is 26.1 Å². The molecular formula is C41H39N3O5S. The van der Waals surface area contributed by atoms with Gasteiger partial charge in [-0.15, -0.1) is 11.8 Å². The summed E-state index contributed by atoms with van der Waals surface area (Å²) in [6.45, 7) is 2.84. The van der Waals surface area contributed by atoms with Crippen LogP contribution in [-0.4, -0.2) is 76.1 Å². The molecule has 0 aliphatic carbocycles. The van der Waals surface area contributed by atoms with E-state index in [4.69, 9.17) is 4.74 Å². The lowest BCUT2D eigenvalue weighted by atomic mass is 9.78. The van der Waals surface area contributed by atoms with Crippen LogP contribution < -0.4 is 14.5 Å². The lowest BCUT2D eigenvalue weighted by Gasteiger charge is -2.38. The number of hydrogen-bond acceptors (Lipinski definition) is 6. The van der Waals surface area contributed by atoms with Gasteiger partial charge in [0.2, 0.25) is 11.8 Å². The third-order valence-corrected chi connectivity index (χ3v) is 12.3. The first kappa shape index (κ1) is 32.4. The molecule has 4 aliphatic rings. The zero-order valence-corrected chi connectivity index (χ0v) is 28.6. The topological polar surface area (TPSA) is 90.4 Å². The van der Waals surface area contributed by atoms with Gasteiger partial charge < -0.3 is 24.5 Å². The highest BCUT2D eigenvalue weighted by Gasteiger charge is 2.71. The lowest BCUT2D eigenvalue weighted by Crippen LogP contribution is -2.57. The monoisotopic (exact) mass is 685 g/mol. The average molecular weight is 686 g/mol. The van der Waals surface area contributed by atoms with E-state index in [1.807, 2.05) is 128 Å². The van der Waals surface area contributed by atoms with Gasteiger partial charge in [-0.25, -0.2) is 0 Å². The lowest BCUT2D eigenvalue weighted by molar-refractivity contribution is -0.141. The van der Waals surface area contributed by atoms with Crippen LogP contribution in [0.3, 0.4) is 0 Å². The number of likely N-dealkylation sites (tertiary alicyclic amines) is 1. The van der Waals surface area contributed by atoms with E-state index in [9.17, 15) is 9.90 Å². The minimum atomic E-state index is -1.01. The van der Waals surface area contributed by atoms with Crippen molar-refractivity contribution < 1.29 is 24.2 Å². The molecule has 50 heavy (non-hydrogen) atoms. The van der Waals surface area contributed by atoms with Crippen molar-refractivity contribution in [3.8, 4) is 5.75 Å². The SMILES string of the molecule is CCOc1ccc(N2CC=C[C@H]3S[C@]45C=CCN(c6ccc7ccccc7c6)C(=O)C4N([C@@H](CO)Cc4ccccc4)C(=O)[C@@H]5[C@H]3C2=O)cc1. The molecule has 0 radical (unpaired) electrons. The van der Waals surface area contributed by atoms with Gasteiger partial charge in [0.05, 0.1) is 35.8 Å². The summed E-state index contributed by atoms with van der Waals surface area (Å²) in [5.41, 5.74) is 2.42. The normalized spacial score (nSPS) is 26.4. The zero-order chi connectivity index (χ0) is 34.4. The molecule has 9 heteroatoms. The minimum absolute atomic E-state index is 0.146. The van der Waals surface area contributed by atoms with Crippen LogP contribution in [0.15, 0.2) is 121 Å². The largest absolute Gasteiger partial charge is 0.494 e. The Morgan fingerprint density at radius 2 is 1.52 bits per heavy atom. The Labute approximate surface area is 296 Å². The van der Waals surface area contributed by atoms with E-state index in [1.165, 1.54) is 0 Å². The van der Waals surface area contributed by atoms with Gasteiger partial charge in [0, 0.05) is 29.7 Å². The second-order valence-electron chi connectivity index (χ2n) is 13.3. The number of aliphatic hydroxyl groups excluding tert-OH is 1. The summed E-state index contributed by atoms with van der Waals surface area (Å²) in [6.07, 6.45) is 8.43. The minimum Gasteiger partial charge on any atom is -0.494 e. The van der Waals surface area contributed by atoms with Crippen molar-refractivity contribution in [2.75, 3.05) is 36.1 Å². The fraction of sp³-hybridized carbons (Fsp3) is 0.293. The predicted molar refractivity (Wildman–Crippen MR) is 197 cm³/mol. The summed E-state index contributed by atoms with van der Waals surface area (Å²) in [6, 6.07) is 29.6. The van der Waals surface area contributed by atoms with Gasteiger partial charge in [0.15, 0.2) is 0 Å². The number of benzene rings is 4. The number of amides is 3. The molecule has 4 aromatic rings. The molecule has 0 bridgehead atoms. The first-order chi connectivity index (χ1) is 24.4. The molecule has 0 aromatic heterocycles. The molecule has 6 atom stereocenters. The first-order valence-corrected chi connectivity index (χ1v) is 18.1. The maximum Gasteiger partial charge on any atom is 0.251 e. The Bertz CT molecular complexity index is 2000. The highest BCUT2D eigenvalue weighted by Crippen LogP contribution is 2.61.